The van der Waals surface area contributed by atoms with Crippen LogP contribution in [-0.2, 0) is 9.59 Å². The van der Waals surface area contributed by atoms with Crippen LogP contribution in [0.4, 0.5) is 10.5 Å². The zero-order chi connectivity index (χ0) is 19.1. The van der Waals surface area contributed by atoms with Crippen LogP contribution in [0.25, 0.3) is 6.08 Å². The summed E-state index contributed by atoms with van der Waals surface area (Å²) in [4.78, 5) is 38.2. The molecule has 2 aromatic rings. The van der Waals surface area contributed by atoms with Gasteiger partial charge in [-0.05, 0) is 58.5 Å². The van der Waals surface area contributed by atoms with E-state index in [0.29, 0.717) is 20.6 Å². The third-order valence-electron chi connectivity index (χ3n) is 4.00. The lowest BCUT2D eigenvalue weighted by molar-refractivity contribution is -0.122. The van der Waals surface area contributed by atoms with Crippen molar-refractivity contribution in [1.82, 2.24) is 5.32 Å². The Morgan fingerprint density at radius 1 is 1.07 bits per heavy atom. The van der Waals surface area contributed by atoms with E-state index in [-0.39, 0.29) is 23.8 Å². The SMILES string of the molecule is O=C1NC(=O)N(c2ccc3c(c2)OCO3)C(=O)/C1=C/c1ccc(O)c(I)c1. The van der Waals surface area contributed by atoms with E-state index in [4.69, 9.17) is 9.47 Å². The molecule has 8 nitrogen and oxygen atoms in total. The number of anilines is 1. The Morgan fingerprint density at radius 2 is 1.85 bits per heavy atom. The summed E-state index contributed by atoms with van der Waals surface area (Å²) in [6.07, 6.45) is 1.37. The smallest absolute Gasteiger partial charge is 0.335 e. The summed E-state index contributed by atoms with van der Waals surface area (Å²) < 4.78 is 11.1. The Kier molecular flexibility index (Phi) is 4.22. The van der Waals surface area contributed by atoms with Crippen LogP contribution in [0.3, 0.4) is 0 Å². The fourth-order valence-electron chi connectivity index (χ4n) is 2.70. The van der Waals surface area contributed by atoms with Crippen molar-refractivity contribution in [2.24, 2.45) is 0 Å². The fourth-order valence-corrected chi connectivity index (χ4v) is 3.24. The van der Waals surface area contributed by atoms with E-state index in [1.165, 1.54) is 24.3 Å². The van der Waals surface area contributed by atoms with Gasteiger partial charge in [0.15, 0.2) is 11.5 Å². The molecule has 2 heterocycles. The van der Waals surface area contributed by atoms with Crippen LogP contribution in [0.5, 0.6) is 17.2 Å². The molecule has 0 aliphatic carbocycles. The van der Waals surface area contributed by atoms with Gasteiger partial charge in [-0.15, -0.1) is 0 Å². The highest BCUT2D eigenvalue weighted by Gasteiger charge is 2.37. The molecule has 9 heteroatoms. The number of imide groups is 2. The first kappa shape index (κ1) is 17.3. The number of nitrogens with one attached hydrogen (secondary N) is 1. The van der Waals surface area contributed by atoms with Gasteiger partial charge in [-0.25, -0.2) is 9.69 Å². The van der Waals surface area contributed by atoms with Crippen molar-refractivity contribution in [2.75, 3.05) is 11.7 Å². The van der Waals surface area contributed by atoms with Crippen molar-refractivity contribution in [2.45, 2.75) is 0 Å². The van der Waals surface area contributed by atoms with E-state index in [1.54, 1.807) is 18.2 Å². The van der Waals surface area contributed by atoms with E-state index >= 15 is 0 Å². The minimum absolute atomic E-state index is 0.0576. The van der Waals surface area contributed by atoms with Crippen LogP contribution in [0.1, 0.15) is 5.56 Å². The normalized spacial score (nSPS) is 17.4. The molecule has 1 saturated heterocycles. The summed E-state index contributed by atoms with van der Waals surface area (Å²) >= 11 is 1.93. The van der Waals surface area contributed by atoms with E-state index < -0.39 is 17.8 Å². The maximum atomic E-state index is 12.9. The Labute approximate surface area is 166 Å². The first-order chi connectivity index (χ1) is 12.9. The van der Waals surface area contributed by atoms with Crippen molar-refractivity contribution in [3.05, 3.63) is 51.1 Å². The lowest BCUT2D eigenvalue weighted by Gasteiger charge is -2.26. The average molecular weight is 478 g/mol. The molecular weight excluding hydrogens is 467 g/mol. The molecule has 1 fully saturated rings. The van der Waals surface area contributed by atoms with Gasteiger partial charge in [0.05, 0.1) is 9.26 Å². The predicted octanol–water partition coefficient (Wildman–Crippen LogP) is 2.39. The zero-order valence-electron chi connectivity index (χ0n) is 13.6. The minimum Gasteiger partial charge on any atom is -0.507 e. The van der Waals surface area contributed by atoms with Gasteiger partial charge in [0.1, 0.15) is 11.3 Å². The van der Waals surface area contributed by atoms with Crippen LogP contribution in [-0.4, -0.2) is 29.7 Å². The predicted molar refractivity (Wildman–Crippen MR) is 102 cm³/mol. The van der Waals surface area contributed by atoms with Crippen LogP contribution >= 0.6 is 22.6 Å². The van der Waals surface area contributed by atoms with E-state index in [0.717, 1.165) is 4.90 Å². The number of halogens is 1. The highest BCUT2D eigenvalue weighted by molar-refractivity contribution is 14.1. The summed E-state index contributed by atoms with van der Waals surface area (Å²) in [5.41, 5.74) is 0.588. The molecule has 0 radical (unpaired) electrons. The number of rotatable bonds is 2. The van der Waals surface area contributed by atoms with Crippen LogP contribution in [0.15, 0.2) is 42.0 Å². The topological polar surface area (TPSA) is 105 Å². The molecule has 0 saturated carbocycles. The first-order valence-corrected chi connectivity index (χ1v) is 8.81. The van der Waals surface area contributed by atoms with E-state index in [1.807, 2.05) is 22.6 Å². The van der Waals surface area contributed by atoms with Gasteiger partial charge in [-0.1, -0.05) is 6.07 Å². The molecule has 27 heavy (non-hydrogen) atoms. The molecule has 2 aliphatic heterocycles. The minimum atomic E-state index is -0.846. The Balaban J connectivity index is 1.72. The summed E-state index contributed by atoms with van der Waals surface area (Å²) in [5, 5.41) is 11.8. The molecule has 136 valence electrons. The number of benzene rings is 2. The molecule has 0 spiro atoms. The molecule has 0 unspecified atom stereocenters. The quantitative estimate of drug-likeness (QED) is 0.391. The number of hydrogen-bond acceptors (Lipinski definition) is 6. The molecule has 0 aromatic heterocycles. The highest BCUT2D eigenvalue weighted by atomic mass is 127. The summed E-state index contributed by atoms with van der Waals surface area (Å²) in [5.74, 6) is -0.539. The molecule has 2 aromatic carbocycles. The molecule has 4 amide bonds. The Hall–Kier alpha value is -3.08. The summed E-state index contributed by atoms with van der Waals surface area (Å²) in [6.45, 7) is 0.0576. The maximum absolute atomic E-state index is 12.9. The van der Waals surface area contributed by atoms with E-state index in [9.17, 15) is 19.5 Å². The molecule has 2 N–H and O–H groups in total. The Bertz CT molecular complexity index is 1030. The number of aromatic hydroxyl groups is 1. The lowest BCUT2D eigenvalue weighted by atomic mass is 10.1. The van der Waals surface area contributed by atoms with Gasteiger partial charge in [-0.3, -0.25) is 14.9 Å². The number of barbiturate groups is 1. The van der Waals surface area contributed by atoms with Gasteiger partial charge < -0.3 is 14.6 Å². The van der Waals surface area contributed by atoms with Crippen LogP contribution < -0.4 is 19.7 Å². The molecule has 0 atom stereocenters. The number of fused-ring (bicyclic) bond motifs is 1. The molecule has 2 aliphatic rings. The number of urea groups is 1. The summed E-state index contributed by atoms with van der Waals surface area (Å²) in [6, 6.07) is 8.40. The van der Waals surface area contributed by atoms with Crippen molar-refractivity contribution in [1.29, 1.82) is 0 Å². The van der Waals surface area contributed by atoms with Gasteiger partial charge in [-0.2, -0.15) is 0 Å². The van der Waals surface area contributed by atoms with Crippen molar-refractivity contribution >= 4 is 52.2 Å². The van der Waals surface area contributed by atoms with Crippen LogP contribution in [0, 0.1) is 3.57 Å². The van der Waals surface area contributed by atoms with Crippen molar-refractivity contribution < 1.29 is 29.0 Å². The number of phenolic OH excluding ortho intramolecular Hbond substituents is 1. The average Bonchev–Trinajstić information content (AvgIpc) is 3.09. The van der Waals surface area contributed by atoms with Gasteiger partial charge in [0.2, 0.25) is 6.79 Å². The number of carbonyl (C=O) groups excluding carboxylic acids is 3. The number of phenols is 1. The van der Waals surface area contributed by atoms with E-state index in [2.05, 4.69) is 5.32 Å². The molecule has 0 bridgehead atoms. The first-order valence-electron chi connectivity index (χ1n) is 7.73. The van der Waals surface area contributed by atoms with Crippen molar-refractivity contribution in [3.63, 3.8) is 0 Å². The zero-order valence-corrected chi connectivity index (χ0v) is 15.7. The standard InChI is InChI=1S/C18H11IN2O6/c19-12-6-9(1-3-13(12)22)5-11-16(23)20-18(25)21(17(11)24)10-2-4-14-15(7-10)27-8-26-14/h1-7,22H,8H2,(H,20,23,25)/b11-5+. The third kappa shape index (κ3) is 3.10. The summed E-state index contributed by atoms with van der Waals surface area (Å²) in [7, 11) is 0. The second-order valence-corrected chi connectivity index (χ2v) is 6.87. The highest BCUT2D eigenvalue weighted by Crippen LogP contribution is 2.36. The number of carbonyl (C=O) groups is 3. The Morgan fingerprint density at radius 3 is 2.63 bits per heavy atom. The molecular formula is C18H11IN2O6. The van der Waals surface area contributed by atoms with Gasteiger partial charge in [0, 0.05) is 6.07 Å². The second-order valence-electron chi connectivity index (χ2n) is 5.71. The number of nitrogens with zero attached hydrogens (tertiary/aromatic N) is 1. The number of hydrogen-bond donors (Lipinski definition) is 2. The van der Waals surface area contributed by atoms with Crippen molar-refractivity contribution in [3.8, 4) is 17.2 Å². The number of amides is 4. The molecule has 4 rings (SSSR count). The maximum Gasteiger partial charge on any atom is 0.335 e. The third-order valence-corrected chi connectivity index (χ3v) is 4.86. The van der Waals surface area contributed by atoms with Gasteiger partial charge >= 0.3 is 6.03 Å². The monoisotopic (exact) mass is 478 g/mol. The van der Waals surface area contributed by atoms with Gasteiger partial charge in [0.25, 0.3) is 11.8 Å². The number of ether oxygens (including phenoxy) is 2. The largest absolute Gasteiger partial charge is 0.507 e. The van der Waals surface area contributed by atoms with Crippen LogP contribution in [0.2, 0.25) is 0 Å². The fraction of sp³-hybridized carbons (Fsp3) is 0.0556. The second kappa shape index (κ2) is 6.58. The lowest BCUT2D eigenvalue weighted by Crippen LogP contribution is -2.54.